The number of phenols is 2. The molecular formula is C31H33N3O5. The van der Waals surface area contributed by atoms with Crippen LogP contribution in [0.1, 0.15) is 47.0 Å². The first-order chi connectivity index (χ1) is 18.7. The number of aromatic hydroxyl groups is 2. The molecule has 0 unspecified atom stereocenters. The van der Waals surface area contributed by atoms with Crippen LogP contribution in [0.3, 0.4) is 0 Å². The summed E-state index contributed by atoms with van der Waals surface area (Å²) in [5.41, 5.74) is 2.50. The minimum absolute atomic E-state index is 0.0795. The van der Waals surface area contributed by atoms with E-state index in [4.69, 9.17) is 0 Å². The van der Waals surface area contributed by atoms with Crippen LogP contribution < -0.4 is 16.0 Å². The van der Waals surface area contributed by atoms with Crippen LogP contribution >= 0.6 is 0 Å². The zero-order valence-corrected chi connectivity index (χ0v) is 21.9. The van der Waals surface area contributed by atoms with Gasteiger partial charge in [-0.05, 0) is 72.5 Å². The molecule has 0 heterocycles. The molecule has 0 radical (unpaired) electrons. The molecule has 39 heavy (non-hydrogen) atoms. The summed E-state index contributed by atoms with van der Waals surface area (Å²) < 4.78 is 0. The predicted molar refractivity (Wildman–Crippen MR) is 152 cm³/mol. The molecule has 202 valence electrons. The lowest BCUT2D eigenvalue weighted by Crippen LogP contribution is -2.43. The zero-order chi connectivity index (χ0) is 28.0. The van der Waals surface area contributed by atoms with E-state index in [9.17, 15) is 24.9 Å². The first kappa shape index (κ1) is 27.6. The molecule has 0 aromatic heterocycles. The lowest BCUT2D eigenvalue weighted by atomic mass is 9.93. The summed E-state index contributed by atoms with van der Waals surface area (Å²) >= 11 is 0. The number of rotatable bonds is 11. The van der Waals surface area contributed by atoms with Crippen LogP contribution in [0.4, 0.5) is 5.69 Å². The van der Waals surface area contributed by atoms with E-state index < -0.39 is 11.6 Å². The van der Waals surface area contributed by atoms with Crippen LogP contribution in [-0.4, -0.2) is 39.7 Å². The number of aliphatic hydroxyl groups excluding tert-OH is 1. The van der Waals surface area contributed by atoms with E-state index in [1.165, 1.54) is 12.1 Å². The van der Waals surface area contributed by atoms with Gasteiger partial charge in [-0.25, -0.2) is 0 Å². The van der Waals surface area contributed by atoms with Crippen molar-refractivity contribution in [2.45, 2.75) is 38.5 Å². The summed E-state index contributed by atoms with van der Waals surface area (Å²) in [4.78, 5) is 23.7. The van der Waals surface area contributed by atoms with Crippen LogP contribution in [0, 0.1) is 0 Å². The SMILES string of the molecule is CC(C)(Cc1cccc(C(=O)NCc2c(O)ccc3ccccc23)c1)NC[C@@H](O)c1ccc(O)c(NC=O)c1. The van der Waals surface area contributed by atoms with Gasteiger partial charge < -0.3 is 31.3 Å². The van der Waals surface area contributed by atoms with Crippen molar-refractivity contribution in [2.75, 3.05) is 11.9 Å². The Kier molecular flexibility index (Phi) is 8.49. The molecule has 0 bridgehead atoms. The third kappa shape index (κ3) is 6.93. The van der Waals surface area contributed by atoms with E-state index in [1.807, 2.05) is 62.4 Å². The number of carbonyl (C=O) groups is 2. The molecular weight excluding hydrogens is 494 g/mol. The molecule has 4 rings (SSSR count). The second kappa shape index (κ2) is 12.0. The standard InChI is InChI=1S/C31H33N3O5/c1-31(2,34-18-29(38)22-11-13-28(37)26(15-22)33-19-35)16-20-6-5-8-23(14-20)30(39)32-17-25-24-9-4-3-7-21(24)10-12-27(25)36/h3-15,19,29,34,36-38H,16-18H2,1-2H3,(H,32,39)(H,33,35)/t29-/m1/s1. The third-order valence-electron chi connectivity index (χ3n) is 6.67. The average Bonchev–Trinajstić information content (AvgIpc) is 2.92. The van der Waals surface area contributed by atoms with E-state index in [0.29, 0.717) is 29.5 Å². The van der Waals surface area contributed by atoms with E-state index >= 15 is 0 Å². The Morgan fingerprint density at radius 1 is 0.949 bits per heavy atom. The number of hydrogen-bond donors (Lipinski definition) is 6. The van der Waals surface area contributed by atoms with Gasteiger partial charge in [0.2, 0.25) is 6.41 Å². The normalized spacial score (nSPS) is 12.2. The van der Waals surface area contributed by atoms with Crippen molar-refractivity contribution >= 4 is 28.8 Å². The number of phenolic OH excluding ortho intramolecular Hbond substituents is 2. The van der Waals surface area contributed by atoms with Crippen molar-refractivity contribution in [2.24, 2.45) is 0 Å². The van der Waals surface area contributed by atoms with Gasteiger partial charge in [-0.3, -0.25) is 9.59 Å². The van der Waals surface area contributed by atoms with Gasteiger partial charge in [0.1, 0.15) is 11.5 Å². The lowest BCUT2D eigenvalue weighted by molar-refractivity contribution is -0.105. The molecule has 8 heteroatoms. The maximum Gasteiger partial charge on any atom is 0.251 e. The maximum atomic E-state index is 13.0. The molecule has 1 atom stereocenters. The van der Waals surface area contributed by atoms with E-state index in [-0.39, 0.29) is 36.2 Å². The van der Waals surface area contributed by atoms with Crippen molar-refractivity contribution in [1.82, 2.24) is 10.6 Å². The second-order valence-corrected chi connectivity index (χ2v) is 10.2. The first-order valence-electron chi connectivity index (χ1n) is 12.7. The molecule has 8 nitrogen and oxygen atoms in total. The van der Waals surface area contributed by atoms with Crippen molar-refractivity contribution in [3.8, 4) is 11.5 Å². The number of carbonyl (C=O) groups excluding carboxylic acids is 2. The molecule has 0 aliphatic rings. The number of benzene rings is 4. The number of nitrogens with one attached hydrogen (secondary N) is 3. The Balaban J connectivity index is 1.37. The van der Waals surface area contributed by atoms with Gasteiger partial charge >= 0.3 is 0 Å². The fraction of sp³-hybridized carbons (Fsp3) is 0.226. The predicted octanol–water partition coefficient (Wildman–Crippen LogP) is 4.39. The number of fused-ring (bicyclic) bond motifs is 1. The van der Waals surface area contributed by atoms with Gasteiger partial charge in [-0.1, -0.05) is 48.5 Å². The molecule has 0 aliphatic heterocycles. The molecule has 2 amide bonds. The topological polar surface area (TPSA) is 131 Å². The molecule has 4 aromatic rings. The van der Waals surface area contributed by atoms with E-state index in [1.54, 1.807) is 18.2 Å². The quantitative estimate of drug-likeness (QED) is 0.127. The summed E-state index contributed by atoms with van der Waals surface area (Å²) in [6, 6.07) is 23.1. The first-order valence-corrected chi connectivity index (χ1v) is 12.7. The average molecular weight is 528 g/mol. The molecule has 0 spiro atoms. The van der Waals surface area contributed by atoms with Crippen LogP contribution in [0.5, 0.6) is 11.5 Å². The fourth-order valence-electron chi connectivity index (χ4n) is 4.61. The molecule has 6 N–H and O–H groups in total. The summed E-state index contributed by atoms with van der Waals surface area (Å²) in [5.74, 6) is -0.178. The highest BCUT2D eigenvalue weighted by atomic mass is 16.3. The summed E-state index contributed by atoms with van der Waals surface area (Å²) in [6.45, 7) is 4.45. The van der Waals surface area contributed by atoms with Crippen molar-refractivity contribution in [3.63, 3.8) is 0 Å². The van der Waals surface area contributed by atoms with Gasteiger partial charge in [-0.15, -0.1) is 0 Å². The smallest absolute Gasteiger partial charge is 0.251 e. The highest BCUT2D eigenvalue weighted by molar-refractivity contribution is 5.95. The molecule has 4 aromatic carbocycles. The summed E-state index contributed by atoms with van der Waals surface area (Å²) in [7, 11) is 0. The number of β-amino-alcohol motifs (C(OH)–C–C–N with tert-alkyl or cyclic N) is 1. The second-order valence-electron chi connectivity index (χ2n) is 10.2. The summed E-state index contributed by atoms with van der Waals surface area (Å²) in [5, 5.41) is 41.4. The third-order valence-corrected chi connectivity index (χ3v) is 6.67. The van der Waals surface area contributed by atoms with Crippen LogP contribution in [0.15, 0.2) is 78.9 Å². The van der Waals surface area contributed by atoms with Gasteiger partial charge in [0.05, 0.1) is 11.8 Å². The number of hydrogen-bond acceptors (Lipinski definition) is 6. The molecule has 0 saturated heterocycles. The Morgan fingerprint density at radius 3 is 2.51 bits per heavy atom. The van der Waals surface area contributed by atoms with Crippen molar-refractivity contribution < 1.29 is 24.9 Å². The van der Waals surface area contributed by atoms with Crippen LogP contribution in [-0.2, 0) is 17.8 Å². The lowest BCUT2D eigenvalue weighted by Gasteiger charge is -2.28. The Bertz CT molecular complexity index is 1480. The van der Waals surface area contributed by atoms with Gasteiger partial charge in [0.15, 0.2) is 0 Å². The van der Waals surface area contributed by atoms with Gasteiger partial charge in [-0.2, -0.15) is 0 Å². The Morgan fingerprint density at radius 2 is 1.72 bits per heavy atom. The number of anilines is 1. The van der Waals surface area contributed by atoms with Crippen LogP contribution in [0.2, 0.25) is 0 Å². The number of amides is 2. The largest absolute Gasteiger partial charge is 0.508 e. The van der Waals surface area contributed by atoms with Gasteiger partial charge in [0, 0.05) is 29.8 Å². The van der Waals surface area contributed by atoms with Crippen LogP contribution in [0.25, 0.3) is 10.8 Å². The number of aliphatic hydroxyl groups is 1. The minimum atomic E-state index is -0.861. The molecule has 0 aliphatic carbocycles. The zero-order valence-electron chi connectivity index (χ0n) is 21.9. The summed E-state index contributed by atoms with van der Waals surface area (Å²) in [6.07, 6.45) is 0.201. The monoisotopic (exact) mass is 527 g/mol. The maximum absolute atomic E-state index is 13.0. The van der Waals surface area contributed by atoms with Crippen molar-refractivity contribution in [1.29, 1.82) is 0 Å². The van der Waals surface area contributed by atoms with E-state index in [2.05, 4.69) is 16.0 Å². The Hall–Kier alpha value is -4.40. The highest BCUT2D eigenvalue weighted by Gasteiger charge is 2.21. The van der Waals surface area contributed by atoms with Gasteiger partial charge in [0.25, 0.3) is 5.91 Å². The van der Waals surface area contributed by atoms with Crippen molar-refractivity contribution in [3.05, 3.63) is 101 Å². The fourth-order valence-corrected chi connectivity index (χ4v) is 4.61. The highest BCUT2D eigenvalue weighted by Crippen LogP contribution is 2.28. The minimum Gasteiger partial charge on any atom is -0.508 e. The van der Waals surface area contributed by atoms with E-state index in [0.717, 1.165) is 16.3 Å². The molecule has 0 fully saturated rings. The molecule has 0 saturated carbocycles. The Labute approximate surface area is 227 Å².